The first-order chi connectivity index (χ1) is 14.1. The Balaban J connectivity index is 0. The molecule has 1 saturated heterocycles. The summed E-state index contributed by atoms with van der Waals surface area (Å²) in [5.74, 6) is 0. The molecule has 0 aromatic rings. The largest absolute Gasteiger partial charge is 0.426 e. The lowest BCUT2D eigenvalue weighted by Gasteiger charge is -2.31. The second-order valence-electron chi connectivity index (χ2n) is 6.20. The van der Waals surface area contributed by atoms with Crippen molar-refractivity contribution in [3.05, 3.63) is 25.3 Å². The Morgan fingerprint density at radius 1 is 0.531 bits per heavy atom. The van der Waals surface area contributed by atoms with Gasteiger partial charge in [-0.1, -0.05) is 12.2 Å². The standard InChI is InChI=1S/2C6H6F6O.C4H10N2/c2*1-2-3-4(13,5(7,8)9)6(10,11)12;1-2-6-4-3-5-1/h2*2,13H,1,3H2;5-6H,1-4H2. The maximum atomic E-state index is 11.8. The SMILES string of the molecule is C1CNCCN1.C=CCC(O)(C(F)(F)F)C(F)(F)F.C=CCC(O)(C(F)(F)F)C(F)(F)F. The molecule has 1 heterocycles. The van der Waals surface area contributed by atoms with Crippen molar-refractivity contribution in [1.82, 2.24) is 10.6 Å². The van der Waals surface area contributed by atoms with Gasteiger partial charge < -0.3 is 20.8 Å². The molecule has 16 heteroatoms. The van der Waals surface area contributed by atoms with Crippen LogP contribution in [0.2, 0.25) is 0 Å². The van der Waals surface area contributed by atoms with Gasteiger partial charge in [-0.2, -0.15) is 52.7 Å². The van der Waals surface area contributed by atoms with Gasteiger partial charge in [-0.05, 0) is 0 Å². The number of hydrogen-bond acceptors (Lipinski definition) is 4. The van der Waals surface area contributed by atoms with Gasteiger partial charge in [-0.15, -0.1) is 13.2 Å². The third-order valence-corrected chi connectivity index (χ3v) is 3.71. The molecular formula is C16H22F12N2O2. The van der Waals surface area contributed by atoms with Gasteiger partial charge in [-0.3, -0.25) is 0 Å². The topological polar surface area (TPSA) is 64.5 Å². The van der Waals surface area contributed by atoms with E-state index in [9.17, 15) is 52.7 Å². The van der Waals surface area contributed by atoms with Crippen molar-refractivity contribution in [2.75, 3.05) is 26.2 Å². The normalized spacial score (nSPS) is 16.2. The van der Waals surface area contributed by atoms with Crippen LogP contribution in [0.4, 0.5) is 52.7 Å². The molecule has 1 aliphatic heterocycles. The van der Waals surface area contributed by atoms with E-state index in [-0.39, 0.29) is 0 Å². The van der Waals surface area contributed by atoms with Crippen molar-refractivity contribution in [2.24, 2.45) is 0 Å². The number of hydrogen-bond donors (Lipinski definition) is 4. The van der Waals surface area contributed by atoms with E-state index in [2.05, 4.69) is 23.8 Å². The van der Waals surface area contributed by atoms with E-state index in [1.165, 1.54) is 0 Å². The molecule has 1 fully saturated rings. The molecule has 1 rings (SSSR count). The molecule has 4 nitrogen and oxygen atoms in total. The third-order valence-electron chi connectivity index (χ3n) is 3.71. The molecule has 4 N–H and O–H groups in total. The minimum Gasteiger partial charge on any atom is -0.373 e. The van der Waals surface area contributed by atoms with Gasteiger partial charge in [0.1, 0.15) is 0 Å². The fourth-order valence-electron chi connectivity index (χ4n) is 1.81. The lowest BCUT2D eigenvalue weighted by atomic mass is 9.98. The summed E-state index contributed by atoms with van der Waals surface area (Å²) in [6, 6.07) is 0. The van der Waals surface area contributed by atoms with Crippen molar-refractivity contribution in [1.29, 1.82) is 0 Å². The fourth-order valence-corrected chi connectivity index (χ4v) is 1.81. The van der Waals surface area contributed by atoms with Gasteiger partial charge in [0.15, 0.2) is 0 Å². The van der Waals surface area contributed by atoms with Crippen LogP contribution in [0.1, 0.15) is 12.8 Å². The highest BCUT2D eigenvalue weighted by Gasteiger charge is 2.70. The van der Waals surface area contributed by atoms with Crippen molar-refractivity contribution in [2.45, 2.75) is 48.7 Å². The molecule has 0 spiro atoms. The molecule has 0 aliphatic carbocycles. The minimum atomic E-state index is -5.75. The smallest absolute Gasteiger partial charge is 0.373 e. The van der Waals surface area contributed by atoms with Gasteiger partial charge in [0.05, 0.1) is 0 Å². The molecule has 0 amide bonds. The summed E-state index contributed by atoms with van der Waals surface area (Å²) in [6.07, 6.45) is -25.5. The molecule has 0 bridgehead atoms. The highest BCUT2D eigenvalue weighted by molar-refractivity contribution is 4.99. The average Bonchev–Trinajstić information content (AvgIpc) is 2.61. The lowest BCUT2D eigenvalue weighted by molar-refractivity contribution is -0.367. The third kappa shape index (κ3) is 9.15. The molecule has 192 valence electrons. The minimum absolute atomic E-state index is 0.362. The van der Waals surface area contributed by atoms with Crippen molar-refractivity contribution < 1.29 is 62.9 Å². The van der Waals surface area contributed by atoms with Gasteiger partial charge >= 0.3 is 24.7 Å². The quantitative estimate of drug-likeness (QED) is 0.347. The van der Waals surface area contributed by atoms with Gasteiger partial charge in [-0.25, -0.2) is 0 Å². The predicted molar refractivity (Wildman–Crippen MR) is 89.5 cm³/mol. The Labute approximate surface area is 175 Å². The molecule has 0 aromatic carbocycles. The van der Waals surface area contributed by atoms with Crippen LogP contribution in [-0.2, 0) is 0 Å². The van der Waals surface area contributed by atoms with E-state index >= 15 is 0 Å². The average molecular weight is 502 g/mol. The van der Waals surface area contributed by atoms with Crippen molar-refractivity contribution in [3.63, 3.8) is 0 Å². The highest BCUT2D eigenvalue weighted by atomic mass is 19.4. The number of piperazine rings is 1. The molecular weight excluding hydrogens is 480 g/mol. The van der Waals surface area contributed by atoms with Crippen LogP contribution in [0.5, 0.6) is 0 Å². The van der Waals surface area contributed by atoms with E-state index in [0.717, 1.165) is 26.2 Å². The first-order valence-electron chi connectivity index (χ1n) is 8.47. The van der Waals surface area contributed by atoms with Crippen LogP contribution < -0.4 is 10.6 Å². The van der Waals surface area contributed by atoms with E-state index in [1.54, 1.807) is 0 Å². The maximum Gasteiger partial charge on any atom is 0.426 e. The summed E-state index contributed by atoms with van der Waals surface area (Å²) in [6.45, 7) is 9.98. The Bertz CT molecular complexity index is 480. The van der Waals surface area contributed by atoms with Crippen LogP contribution in [-0.4, -0.2) is 72.3 Å². The summed E-state index contributed by atoms with van der Waals surface area (Å²) in [5, 5.41) is 23.2. The predicted octanol–water partition coefficient (Wildman–Crippen LogP) is 4.02. The molecule has 0 aromatic heterocycles. The summed E-state index contributed by atoms with van der Waals surface area (Å²) in [5.41, 5.74) is -9.39. The molecule has 0 saturated carbocycles. The Hall–Kier alpha value is -1.52. The number of nitrogens with one attached hydrogen (secondary N) is 2. The van der Waals surface area contributed by atoms with E-state index in [4.69, 9.17) is 10.2 Å². The Kier molecular flexibility index (Phi) is 12.3. The Morgan fingerprint density at radius 3 is 0.781 bits per heavy atom. The molecule has 1 aliphatic rings. The number of rotatable bonds is 4. The molecule has 32 heavy (non-hydrogen) atoms. The zero-order valence-corrected chi connectivity index (χ0v) is 16.2. The van der Waals surface area contributed by atoms with Gasteiger partial charge in [0.25, 0.3) is 11.2 Å². The molecule has 0 unspecified atom stereocenters. The number of aliphatic hydroxyl groups is 2. The van der Waals surface area contributed by atoms with Crippen LogP contribution in [0.25, 0.3) is 0 Å². The van der Waals surface area contributed by atoms with E-state index in [0.29, 0.717) is 12.2 Å². The molecule has 0 radical (unpaired) electrons. The number of halogens is 12. The molecule has 0 atom stereocenters. The zero-order chi connectivity index (χ0) is 26.1. The van der Waals surface area contributed by atoms with E-state index < -0.39 is 48.7 Å². The number of alkyl halides is 12. The van der Waals surface area contributed by atoms with E-state index in [1.807, 2.05) is 0 Å². The van der Waals surface area contributed by atoms with Crippen LogP contribution >= 0.6 is 0 Å². The second-order valence-corrected chi connectivity index (χ2v) is 6.20. The first-order valence-corrected chi connectivity index (χ1v) is 8.47. The van der Waals surface area contributed by atoms with Crippen LogP contribution in [0.3, 0.4) is 0 Å². The maximum absolute atomic E-state index is 11.8. The Morgan fingerprint density at radius 2 is 0.719 bits per heavy atom. The van der Waals surface area contributed by atoms with Crippen LogP contribution in [0, 0.1) is 0 Å². The van der Waals surface area contributed by atoms with Crippen molar-refractivity contribution >= 4 is 0 Å². The highest BCUT2D eigenvalue weighted by Crippen LogP contribution is 2.46. The fraction of sp³-hybridized carbons (Fsp3) is 0.750. The summed E-state index contributed by atoms with van der Waals surface area (Å²) in [4.78, 5) is 0. The summed E-state index contributed by atoms with van der Waals surface area (Å²) < 4.78 is 141. The van der Waals surface area contributed by atoms with Crippen molar-refractivity contribution in [3.8, 4) is 0 Å². The van der Waals surface area contributed by atoms with Gasteiger partial charge in [0.2, 0.25) is 0 Å². The zero-order valence-electron chi connectivity index (χ0n) is 16.2. The summed E-state index contributed by atoms with van der Waals surface area (Å²) >= 11 is 0. The van der Waals surface area contributed by atoms with Crippen LogP contribution in [0.15, 0.2) is 25.3 Å². The summed E-state index contributed by atoms with van der Waals surface area (Å²) in [7, 11) is 0. The second kappa shape index (κ2) is 12.1. The monoisotopic (exact) mass is 502 g/mol. The van der Waals surface area contributed by atoms with Gasteiger partial charge in [0, 0.05) is 39.0 Å². The first kappa shape index (κ1) is 32.7. The lowest BCUT2D eigenvalue weighted by Crippen LogP contribution is -2.56.